The third kappa shape index (κ3) is 4.78. The molecule has 0 aliphatic rings. The van der Waals surface area contributed by atoms with E-state index in [9.17, 15) is 4.79 Å². The number of hydrazine groups is 1. The third-order valence-corrected chi connectivity index (χ3v) is 5.31. The third-order valence-electron chi connectivity index (χ3n) is 5.31. The summed E-state index contributed by atoms with van der Waals surface area (Å²) in [6.45, 7) is 0. The fourth-order valence-corrected chi connectivity index (χ4v) is 3.65. The second-order valence-corrected chi connectivity index (χ2v) is 7.74. The van der Waals surface area contributed by atoms with Crippen LogP contribution < -0.4 is 10.9 Å². The van der Waals surface area contributed by atoms with Crippen molar-refractivity contribution in [2.75, 3.05) is 5.43 Å². The van der Waals surface area contributed by atoms with Crippen LogP contribution in [0.3, 0.4) is 0 Å². The van der Waals surface area contributed by atoms with E-state index < -0.39 is 5.91 Å². The monoisotopic (exact) mass is 472 g/mol. The number of nitrogens with one attached hydrogen (secondary N) is 2. The first-order valence-corrected chi connectivity index (χ1v) is 11.2. The first-order chi connectivity index (χ1) is 17.7. The molecular weight excluding hydrogens is 452 g/mol. The molecule has 9 heteroatoms. The highest BCUT2D eigenvalue weighted by molar-refractivity contribution is 5.80. The minimum Gasteiger partial charge on any atom is -0.280 e. The number of anilines is 1. The molecule has 36 heavy (non-hydrogen) atoms. The predicted octanol–water partition coefficient (Wildman–Crippen LogP) is 4.42. The summed E-state index contributed by atoms with van der Waals surface area (Å²) >= 11 is 0. The second kappa shape index (κ2) is 10.3. The predicted molar refractivity (Wildman–Crippen MR) is 135 cm³/mol. The van der Waals surface area contributed by atoms with Gasteiger partial charge in [0.05, 0.1) is 11.8 Å². The van der Waals surface area contributed by atoms with Crippen LogP contribution in [0.25, 0.3) is 39.7 Å². The van der Waals surface area contributed by atoms with Crippen molar-refractivity contribution in [2.45, 2.75) is 6.42 Å². The first kappa shape index (κ1) is 22.4. The molecule has 0 fully saturated rings. The molecule has 9 nitrogen and oxygen atoms in total. The van der Waals surface area contributed by atoms with Crippen LogP contribution in [0.4, 0.5) is 5.82 Å². The molecule has 2 heterocycles. The van der Waals surface area contributed by atoms with Crippen LogP contribution in [-0.4, -0.2) is 30.9 Å². The molecule has 0 radical (unpaired) electrons. The summed E-state index contributed by atoms with van der Waals surface area (Å²) in [6, 6.07) is 32.7. The molecule has 0 atom stereocenters. The van der Waals surface area contributed by atoms with Crippen LogP contribution in [0, 0.1) is 11.3 Å². The molecule has 5 rings (SSSR count). The smallest absolute Gasteiger partial charge is 0.271 e. The van der Waals surface area contributed by atoms with Gasteiger partial charge in [0.1, 0.15) is 17.8 Å². The van der Waals surface area contributed by atoms with Crippen LogP contribution in [0.2, 0.25) is 0 Å². The summed E-state index contributed by atoms with van der Waals surface area (Å²) in [5.41, 5.74) is 9.90. The van der Waals surface area contributed by atoms with Gasteiger partial charge in [0, 0.05) is 22.8 Å². The number of carbonyl (C=O) groups excluding carboxylic acids is 1. The van der Waals surface area contributed by atoms with Gasteiger partial charge in [-0.3, -0.25) is 15.6 Å². The average Bonchev–Trinajstić information content (AvgIpc) is 3.38. The van der Waals surface area contributed by atoms with Gasteiger partial charge >= 0.3 is 0 Å². The number of amides is 1. The second-order valence-electron chi connectivity index (χ2n) is 7.74. The topological polar surface area (TPSA) is 121 Å². The molecule has 2 N–H and O–H groups in total. The Morgan fingerprint density at radius 3 is 2.00 bits per heavy atom. The van der Waals surface area contributed by atoms with Crippen LogP contribution in [0.1, 0.15) is 6.42 Å². The van der Waals surface area contributed by atoms with Crippen molar-refractivity contribution in [2.24, 2.45) is 0 Å². The van der Waals surface area contributed by atoms with Gasteiger partial charge in [0.25, 0.3) is 11.9 Å². The maximum absolute atomic E-state index is 11.8. The maximum atomic E-state index is 11.8. The molecule has 3 aromatic carbocycles. The Balaban J connectivity index is 1.62. The van der Waals surface area contributed by atoms with E-state index in [1.54, 1.807) is 16.8 Å². The lowest BCUT2D eigenvalue weighted by Gasteiger charge is -2.11. The van der Waals surface area contributed by atoms with Gasteiger partial charge in [-0.1, -0.05) is 91.0 Å². The Morgan fingerprint density at radius 1 is 0.806 bits per heavy atom. The fraction of sp³-hybridized carbons (Fsp3) is 0.0370. The highest BCUT2D eigenvalue weighted by Crippen LogP contribution is 2.30. The van der Waals surface area contributed by atoms with Gasteiger partial charge in [0.15, 0.2) is 5.82 Å². The van der Waals surface area contributed by atoms with Crippen molar-refractivity contribution >= 4 is 11.7 Å². The van der Waals surface area contributed by atoms with E-state index in [2.05, 4.69) is 26.1 Å². The highest BCUT2D eigenvalue weighted by Gasteiger charge is 2.18. The normalized spacial score (nSPS) is 10.4. The number of nitrogens with zero attached hydrogens (tertiary/aromatic N) is 6. The van der Waals surface area contributed by atoms with Crippen molar-refractivity contribution in [3.05, 3.63) is 97.1 Å². The maximum Gasteiger partial charge on any atom is 0.271 e. The molecule has 5 aromatic rings. The Kier molecular flexibility index (Phi) is 6.40. The number of aromatic nitrogens is 5. The Bertz CT molecular complexity index is 1530. The Labute approximate surface area is 207 Å². The zero-order valence-electron chi connectivity index (χ0n) is 19.0. The number of hydrogen-bond acceptors (Lipinski definition) is 7. The summed E-state index contributed by atoms with van der Waals surface area (Å²) in [6.07, 6.45) is -0.270. The number of hydrogen-bond donors (Lipinski definition) is 2. The van der Waals surface area contributed by atoms with E-state index in [0.29, 0.717) is 22.9 Å². The van der Waals surface area contributed by atoms with E-state index in [-0.39, 0.29) is 12.4 Å². The summed E-state index contributed by atoms with van der Waals surface area (Å²) in [7, 11) is 0. The summed E-state index contributed by atoms with van der Waals surface area (Å²) in [4.78, 5) is 16.6. The lowest BCUT2D eigenvalue weighted by atomic mass is 10.0. The molecule has 0 saturated carbocycles. The molecular formula is C27H20N8O. The zero-order chi connectivity index (χ0) is 24.7. The Hall–Kier alpha value is -5.36. The summed E-state index contributed by atoms with van der Waals surface area (Å²) in [5.74, 6) is 0.158. The lowest BCUT2D eigenvalue weighted by molar-refractivity contribution is -0.119. The minimum absolute atomic E-state index is 0.267. The largest absolute Gasteiger partial charge is 0.280 e. The summed E-state index contributed by atoms with van der Waals surface area (Å²) < 4.78 is 1.57. The van der Waals surface area contributed by atoms with Gasteiger partial charge in [-0.15, -0.1) is 15.3 Å². The SMILES string of the molecule is N#CCC(=O)NNc1cc(-c2ccccc2)n(-c2nnc(-c3ccccc3)c(-c3ccccc3)n2)n1. The van der Waals surface area contributed by atoms with Crippen molar-refractivity contribution in [1.82, 2.24) is 30.4 Å². The number of nitriles is 1. The van der Waals surface area contributed by atoms with Gasteiger partial charge in [-0.05, 0) is 0 Å². The highest BCUT2D eigenvalue weighted by atomic mass is 16.2. The van der Waals surface area contributed by atoms with Gasteiger partial charge in [0.2, 0.25) is 0 Å². The fourth-order valence-electron chi connectivity index (χ4n) is 3.65. The molecule has 1 amide bonds. The standard InChI is InChI=1S/C27H20N8O/c28-17-16-24(36)31-30-23-18-22(19-10-4-1-5-11-19)35(34-23)27-29-25(20-12-6-2-7-13-20)26(32-33-27)21-14-8-3-9-15-21/h1-15,18H,16H2,(H,30,34)(H,31,36). The van der Waals surface area contributed by atoms with Crippen molar-refractivity contribution in [1.29, 1.82) is 5.26 Å². The molecule has 2 aromatic heterocycles. The number of carbonyl (C=O) groups is 1. The van der Waals surface area contributed by atoms with Crippen molar-refractivity contribution in [3.8, 4) is 45.8 Å². The van der Waals surface area contributed by atoms with Crippen molar-refractivity contribution < 1.29 is 4.79 Å². The van der Waals surface area contributed by atoms with Gasteiger partial charge < -0.3 is 0 Å². The van der Waals surface area contributed by atoms with E-state index in [4.69, 9.17) is 10.2 Å². The first-order valence-electron chi connectivity index (χ1n) is 11.2. The van der Waals surface area contributed by atoms with Crippen LogP contribution in [-0.2, 0) is 4.79 Å². The molecule has 174 valence electrons. The minimum atomic E-state index is -0.468. The van der Waals surface area contributed by atoms with Gasteiger partial charge in [-0.2, -0.15) is 9.94 Å². The number of rotatable bonds is 7. The molecule has 0 bridgehead atoms. The summed E-state index contributed by atoms with van der Waals surface area (Å²) in [5, 5.41) is 22.3. The van der Waals surface area contributed by atoms with E-state index in [1.807, 2.05) is 91.0 Å². The zero-order valence-corrected chi connectivity index (χ0v) is 19.0. The Morgan fingerprint density at radius 2 is 1.39 bits per heavy atom. The van der Waals surface area contributed by atoms with Crippen LogP contribution in [0.5, 0.6) is 0 Å². The van der Waals surface area contributed by atoms with E-state index in [1.165, 1.54) is 0 Å². The van der Waals surface area contributed by atoms with E-state index in [0.717, 1.165) is 16.7 Å². The number of benzene rings is 3. The molecule has 0 aliphatic heterocycles. The molecule has 0 saturated heterocycles. The molecule has 0 spiro atoms. The van der Waals surface area contributed by atoms with E-state index >= 15 is 0 Å². The molecule has 0 aliphatic carbocycles. The quantitative estimate of drug-likeness (QED) is 0.336. The molecule has 0 unspecified atom stereocenters. The van der Waals surface area contributed by atoms with Crippen molar-refractivity contribution in [3.63, 3.8) is 0 Å². The van der Waals surface area contributed by atoms with Gasteiger partial charge in [-0.25, -0.2) is 4.98 Å². The lowest BCUT2D eigenvalue weighted by Crippen LogP contribution is -2.29. The van der Waals surface area contributed by atoms with Crippen LogP contribution >= 0.6 is 0 Å². The van der Waals surface area contributed by atoms with Crippen LogP contribution in [0.15, 0.2) is 97.1 Å². The average molecular weight is 473 g/mol.